The summed E-state index contributed by atoms with van der Waals surface area (Å²) >= 11 is 0. The van der Waals surface area contributed by atoms with Crippen LogP contribution in [0.25, 0.3) is 11.1 Å². The molecule has 1 aliphatic carbocycles. The third kappa shape index (κ3) is 3.75. The Kier molecular flexibility index (Phi) is 6.30. The number of nitrogens with two attached hydrogens (primary N) is 1. The highest BCUT2D eigenvalue weighted by Crippen LogP contribution is 2.50. The molecule has 2 aromatic rings. The fourth-order valence-electron chi connectivity index (χ4n) is 4.08. The van der Waals surface area contributed by atoms with Crippen molar-refractivity contribution in [1.29, 1.82) is 0 Å². The highest BCUT2D eigenvalue weighted by molar-refractivity contribution is 5.82. The van der Waals surface area contributed by atoms with Gasteiger partial charge in [0.25, 0.3) is 0 Å². The second-order valence-electron chi connectivity index (χ2n) is 7.10. The number of benzene rings is 1. The molecule has 7 heteroatoms. The third-order valence-electron chi connectivity index (χ3n) is 5.52. The molecule has 7 nitrogen and oxygen atoms in total. The van der Waals surface area contributed by atoms with E-state index in [9.17, 15) is 9.90 Å². The molecule has 1 unspecified atom stereocenters. The predicted octanol–water partition coefficient (Wildman–Crippen LogP) is 2.23. The Balaban J connectivity index is 2.39. The van der Waals surface area contributed by atoms with Crippen LogP contribution in [0, 0.1) is 0 Å². The molecular formula is C22H28N2O5. The first-order valence-corrected chi connectivity index (χ1v) is 9.53. The van der Waals surface area contributed by atoms with Crippen LogP contribution in [0.2, 0.25) is 0 Å². The first kappa shape index (κ1) is 21.0. The van der Waals surface area contributed by atoms with E-state index in [1.807, 2.05) is 19.2 Å². The smallest absolute Gasteiger partial charge is 0.203 e. The SMILES string of the molecule is COc1cc2c(c(OC)c1OC)-c1ccc(N)c(=O)cc1C(N(C)CCO)CC2. The molecule has 0 spiro atoms. The first-order valence-electron chi connectivity index (χ1n) is 9.53. The van der Waals surface area contributed by atoms with Crippen molar-refractivity contribution in [2.24, 2.45) is 0 Å². The van der Waals surface area contributed by atoms with E-state index in [0.29, 0.717) is 23.8 Å². The molecular weight excluding hydrogens is 372 g/mol. The molecule has 0 bridgehead atoms. The molecule has 3 rings (SSSR count). The monoisotopic (exact) mass is 400 g/mol. The molecule has 2 aromatic carbocycles. The Morgan fingerprint density at radius 1 is 1.14 bits per heavy atom. The molecule has 1 atom stereocenters. The van der Waals surface area contributed by atoms with Gasteiger partial charge in [0.2, 0.25) is 11.2 Å². The van der Waals surface area contributed by atoms with Crippen molar-refractivity contribution in [3.05, 3.63) is 45.6 Å². The van der Waals surface area contributed by atoms with Crippen molar-refractivity contribution in [2.45, 2.75) is 18.9 Å². The molecule has 156 valence electrons. The van der Waals surface area contributed by atoms with Crippen molar-refractivity contribution in [3.63, 3.8) is 0 Å². The third-order valence-corrected chi connectivity index (χ3v) is 5.52. The number of aryl methyl sites for hydroxylation is 1. The molecule has 0 saturated heterocycles. The minimum atomic E-state index is -0.225. The van der Waals surface area contributed by atoms with Gasteiger partial charge in [0.05, 0.1) is 33.6 Å². The van der Waals surface area contributed by atoms with Gasteiger partial charge in [-0.3, -0.25) is 9.69 Å². The molecule has 0 heterocycles. The average molecular weight is 400 g/mol. The summed E-state index contributed by atoms with van der Waals surface area (Å²) in [4.78, 5) is 14.6. The maximum atomic E-state index is 12.6. The standard InChI is InChI=1S/C22H28N2O5/c1-24(9-10-25)17-8-5-13-11-19(27-2)21(28-3)22(29-4)20(13)14-6-7-16(23)18(26)12-15(14)17/h6-7,11-12,17,25H,5,8-10H2,1-4H3,(H2,23,26). The zero-order valence-corrected chi connectivity index (χ0v) is 17.3. The van der Waals surface area contributed by atoms with Crippen LogP contribution in [0.5, 0.6) is 17.2 Å². The van der Waals surface area contributed by atoms with Crippen molar-refractivity contribution < 1.29 is 19.3 Å². The Labute approximate surface area is 170 Å². The molecule has 0 aliphatic heterocycles. The number of nitrogens with zero attached hydrogens (tertiary/aromatic N) is 1. The number of likely N-dealkylation sites (N-methyl/N-ethyl adjacent to an activating group) is 1. The lowest BCUT2D eigenvalue weighted by molar-refractivity contribution is 0.175. The van der Waals surface area contributed by atoms with Crippen LogP contribution in [0.3, 0.4) is 0 Å². The van der Waals surface area contributed by atoms with Crippen molar-refractivity contribution in [3.8, 4) is 28.4 Å². The van der Waals surface area contributed by atoms with E-state index in [4.69, 9.17) is 19.9 Å². The number of hydrogen-bond donors (Lipinski definition) is 2. The summed E-state index contributed by atoms with van der Waals surface area (Å²) in [6, 6.07) is 7.00. The van der Waals surface area contributed by atoms with E-state index in [2.05, 4.69) is 4.90 Å². The normalized spacial score (nSPS) is 15.3. The van der Waals surface area contributed by atoms with Crippen molar-refractivity contribution in [1.82, 2.24) is 4.90 Å². The highest BCUT2D eigenvalue weighted by Gasteiger charge is 2.30. The first-order chi connectivity index (χ1) is 14.0. The van der Waals surface area contributed by atoms with Gasteiger partial charge in [-0.1, -0.05) is 6.07 Å². The second-order valence-corrected chi connectivity index (χ2v) is 7.10. The zero-order valence-electron chi connectivity index (χ0n) is 17.3. The molecule has 1 aliphatic rings. The molecule has 0 aromatic heterocycles. The molecule has 0 fully saturated rings. The molecule has 3 N–H and O–H groups in total. The lowest BCUT2D eigenvalue weighted by Crippen LogP contribution is -2.28. The summed E-state index contributed by atoms with van der Waals surface area (Å²) < 4.78 is 16.9. The summed E-state index contributed by atoms with van der Waals surface area (Å²) in [5.74, 6) is 1.66. The van der Waals surface area contributed by atoms with Crippen LogP contribution >= 0.6 is 0 Å². The topological polar surface area (TPSA) is 94.2 Å². The van der Waals surface area contributed by atoms with E-state index >= 15 is 0 Å². The van der Waals surface area contributed by atoms with Gasteiger partial charge in [0, 0.05) is 18.2 Å². The molecule has 29 heavy (non-hydrogen) atoms. The summed E-state index contributed by atoms with van der Waals surface area (Å²) in [7, 11) is 6.70. The largest absolute Gasteiger partial charge is 0.493 e. The lowest BCUT2D eigenvalue weighted by Gasteiger charge is -2.27. The Morgan fingerprint density at radius 3 is 2.48 bits per heavy atom. The van der Waals surface area contributed by atoms with Crippen LogP contribution in [0.4, 0.5) is 5.69 Å². The second kappa shape index (κ2) is 8.71. The van der Waals surface area contributed by atoms with Crippen LogP contribution in [0.15, 0.2) is 29.1 Å². The van der Waals surface area contributed by atoms with Crippen molar-refractivity contribution in [2.75, 3.05) is 47.3 Å². The summed E-state index contributed by atoms with van der Waals surface area (Å²) in [6.07, 6.45) is 1.51. The molecule has 0 saturated carbocycles. The highest BCUT2D eigenvalue weighted by atomic mass is 16.5. The van der Waals surface area contributed by atoms with E-state index < -0.39 is 0 Å². The van der Waals surface area contributed by atoms with E-state index in [-0.39, 0.29) is 23.8 Å². The zero-order chi connectivity index (χ0) is 21.1. The number of aliphatic hydroxyl groups is 1. The fourth-order valence-corrected chi connectivity index (χ4v) is 4.08. The van der Waals surface area contributed by atoms with Gasteiger partial charge in [-0.05, 0) is 54.8 Å². The number of ether oxygens (including phenoxy) is 3. The predicted molar refractivity (Wildman–Crippen MR) is 113 cm³/mol. The van der Waals surface area contributed by atoms with Gasteiger partial charge >= 0.3 is 0 Å². The maximum absolute atomic E-state index is 12.6. The van der Waals surface area contributed by atoms with Crippen LogP contribution in [0.1, 0.15) is 23.6 Å². The van der Waals surface area contributed by atoms with E-state index in [0.717, 1.165) is 35.1 Å². The van der Waals surface area contributed by atoms with E-state index in [1.54, 1.807) is 33.5 Å². The number of hydrogen-bond acceptors (Lipinski definition) is 7. The summed E-state index contributed by atoms with van der Waals surface area (Å²) in [6.45, 7) is 0.526. The maximum Gasteiger partial charge on any atom is 0.203 e. The molecule has 0 amide bonds. The average Bonchev–Trinajstić information content (AvgIpc) is 2.95. The van der Waals surface area contributed by atoms with Gasteiger partial charge in [0.1, 0.15) is 0 Å². The fraction of sp³-hybridized carbons (Fsp3) is 0.409. The Hall–Kier alpha value is -2.77. The Morgan fingerprint density at radius 2 is 1.86 bits per heavy atom. The minimum Gasteiger partial charge on any atom is -0.493 e. The van der Waals surface area contributed by atoms with Crippen LogP contribution < -0.4 is 25.4 Å². The number of nitrogen functional groups attached to an aromatic ring is 1. The van der Waals surface area contributed by atoms with Gasteiger partial charge in [0.15, 0.2) is 11.5 Å². The number of methoxy groups -OCH3 is 3. The number of rotatable bonds is 6. The lowest BCUT2D eigenvalue weighted by atomic mass is 9.95. The summed E-state index contributed by atoms with van der Waals surface area (Å²) in [5, 5.41) is 9.45. The van der Waals surface area contributed by atoms with Crippen molar-refractivity contribution >= 4 is 5.69 Å². The molecule has 0 radical (unpaired) electrons. The summed E-state index contributed by atoms with van der Waals surface area (Å²) in [5.41, 5.74) is 9.52. The van der Waals surface area contributed by atoms with E-state index in [1.165, 1.54) is 0 Å². The quantitative estimate of drug-likeness (QED) is 0.768. The number of aliphatic hydroxyl groups excluding tert-OH is 1. The number of anilines is 1. The van der Waals surface area contributed by atoms with Gasteiger partial charge in [-0.2, -0.15) is 0 Å². The van der Waals surface area contributed by atoms with Gasteiger partial charge in [-0.25, -0.2) is 0 Å². The number of fused-ring (bicyclic) bond motifs is 3. The van der Waals surface area contributed by atoms with Gasteiger partial charge in [-0.15, -0.1) is 0 Å². The van der Waals surface area contributed by atoms with Gasteiger partial charge < -0.3 is 25.1 Å². The van der Waals surface area contributed by atoms with Crippen LogP contribution in [-0.2, 0) is 6.42 Å². The minimum absolute atomic E-state index is 0.0333. The Bertz CT molecular complexity index is 961. The van der Waals surface area contributed by atoms with Crippen LogP contribution in [-0.4, -0.2) is 51.5 Å².